The predicted octanol–water partition coefficient (Wildman–Crippen LogP) is 5.05. The number of carbonyl (C=O) groups excluding carboxylic acids is 1. The molecule has 0 aliphatic carbocycles. The van der Waals surface area contributed by atoms with Crippen LogP contribution in [0, 0.1) is 6.92 Å². The number of rotatable bonds is 8. The monoisotopic (exact) mass is 361 g/mol. The van der Waals surface area contributed by atoms with Crippen LogP contribution in [0.4, 0.5) is 0 Å². The Balaban J connectivity index is 1.53. The van der Waals surface area contributed by atoms with E-state index in [0.717, 1.165) is 29.4 Å². The van der Waals surface area contributed by atoms with Crippen molar-refractivity contribution in [3.05, 3.63) is 77.9 Å². The van der Waals surface area contributed by atoms with Crippen molar-refractivity contribution >= 4 is 16.7 Å². The molecule has 0 aromatic heterocycles. The first-order valence-electron chi connectivity index (χ1n) is 9.65. The molecule has 0 bridgehead atoms. The van der Waals surface area contributed by atoms with E-state index in [1.165, 1.54) is 11.1 Å². The van der Waals surface area contributed by atoms with Gasteiger partial charge in [-0.2, -0.15) is 0 Å². The molecule has 0 spiro atoms. The molecule has 1 N–H and O–H groups in total. The van der Waals surface area contributed by atoms with E-state index < -0.39 is 6.10 Å². The molecule has 0 saturated carbocycles. The van der Waals surface area contributed by atoms with E-state index in [-0.39, 0.29) is 5.91 Å². The first kappa shape index (κ1) is 19.0. The molecule has 3 aromatic carbocycles. The van der Waals surface area contributed by atoms with Gasteiger partial charge < -0.3 is 10.1 Å². The van der Waals surface area contributed by atoms with Gasteiger partial charge in [0.2, 0.25) is 0 Å². The molecule has 1 atom stereocenters. The van der Waals surface area contributed by atoms with E-state index in [9.17, 15) is 4.79 Å². The lowest BCUT2D eigenvalue weighted by atomic mass is 10.1. The van der Waals surface area contributed by atoms with E-state index in [0.29, 0.717) is 13.0 Å². The first-order chi connectivity index (χ1) is 13.2. The number of ether oxygens (including phenoxy) is 1. The van der Waals surface area contributed by atoms with Crippen molar-refractivity contribution in [1.82, 2.24) is 5.32 Å². The highest BCUT2D eigenvalue weighted by molar-refractivity contribution is 5.89. The van der Waals surface area contributed by atoms with Gasteiger partial charge in [-0.15, -0.1) is 0 Å². The molecular formula is C24H27NO2. The molecular weight excluding hydrogens is 334 g/mol. The molecule has 3 heteroatoms. The lowest BCUT2D eigenvalue weighted by Gasteiger charge is -2.18. The normalized spacial score (nSPS) is 11.9. The third kappa shape index (κ3) is 5.10. The van der Waals surface area contributed by atoms with Crippen LogP contribution in [0.2, 0.25) is 0 Å². The minimum absolute atomic E-state index is 0.0469. The molecule has 0 saturated heterocycles. The Hall–Kier alpha value is -2.81. The van der Waals surface area contributed by atoms with Gasteiger partial charge in [0.25, 0.3) is 5.91 Å². The minimum Gasteiger partial charge on any atom is -0.480 e. The van der Waals surface area contributed by atoms with Crippen molar-refractivity contribution in [3.8, 4) is 5.75 Å². The standard InChI is InChI=1S/C24H27NO2/c1-3-22(27-23-12-6-10-20-9-4-5-11-21(20)23)24(26)25-17-7-8-19-15-13-18(2)14-16-19/h4-6,9-16,22H,3,7-8,17H2,1-2H3,(H,25,26)/t22-/m0/s1. The van der Waals surface area contributed by atoms with Crippen LogP contribution in [0.3, 0.4) is 0 Å². The first-order valence-corrected chi connectivity index (χ1v) is 9.65. The Morgan fingerprint density at radius 1 is 1.00 bits per heavy atom. The topological polar surface area (TPSA) is 38.3 Å². The minimum atomic E-state index is -0.477. The van der Waals surface area contributed by atoms with Crippen molar-refractivity contribution in [2.24, 2.45) is 0 Å². The fourth-order valence-electron chi connectivity index (χ4n) is 3.15. The molecule has 1 amide bonds. The molecule has 140 valence electrons. The second kappa shape index (κ2) is 9.22. The van der Waals surface area contributed by atoms with Crippen LogP contribution < -0.4 is 10.1 Å². The van der Waals surface area contributed by atoms with Crippen LogP contribution in [0.1, 0.15) is 30.9 Å². The predicted molar refractivity (Wildman–Crippen MR) is 111 cm³/mol. The SMILES string of the molecule is CC[C@H](Oc1cccc2ccccc12)C(=O)NCCCc1ccc(C)cc1. The third-order valence-corrected chi connectivity index (χ3v) is 4.74. The smallest absolute Gasteiger partial charge is 0.261 e. The Labute approximate surface area is 161 Å². The maximum atomic E-state index is 12.5. The second-order valence-electron chi connectivity index (χ2n) is 6.87. The number of aryl methyl sites for hydroxylation is 2. The Morgan fingerprint density at radius 2 is 1.74 bits per heavy atom. The highest BCUT2D eigenvalue weighted by atomic mass is 16.5. The van der Waals surface area contributed by atoms with E-state index in [1.54, 1.807) is 0 Å². The van der Waals surface area contributed by atoms with Crippen LogP contribution >= 0.6 is 0 Å². The molecule has 0 heterocycles. The van der Waals surface area contributed by atoms with Crippen LogP contribution in [-0.4, -0.2) is 18.6 Å². The van der Waals surface area contributed by atoms with E-state index in [2.05, 4.69) is 36.5 Å². The lowest BCUT2D eigenvalue weighted by molar-refractivity contribution is -0.128. The van der Waals surface area contributed by atoms with E-state index in [4.69, 9.17) is 4.74 Å². The summed E-state index contributed by atoms with van der Waals surface area (Å²) in [6.07, 6.45) is 2.03. The Morgan fingerprint density at radius 3 is 2.52 bits per heavy atom. The molecule has 3 rings (SSSR count). The van der Waals surface area contributed by atoms with Crippen molar-refractivity contribution in [2.75, 3.05) is 6.54 Å². The van der Waals surface area contributed by atoms with Crippen molar-refractivity contribution in [2.45, 2.75) is 39.2 Å². The summed E-state index contributed by atoms with van der Waals surface area (Å²) in [5.41, 5.74) is 2.57. The summed E-state index contributed by atoms with van der Waals surface area (Å²) in [5, 5.41) is 5.17. The summed E-state index contributed by atoms with van der Waals surface area (Å²) < 4.78 is 6.06. The Kier molecular flexibility index (Phi) is 6.48. The van der Waals surface area contributed by atoms with Gasteiger partial charge in [0.15, 0.2) is 6.10 Å². The zero-order valence-electron chi connectivity index (χ0n) is 16.1. The summed E-state index contributed by atoms with van der Waals surface area (Å²) in [4.78, 5) is 12.5. The maximum Gasteiger partial charge on any atom is 0.261 e. The molecule has 0 fully saturated rings. The molecule has 3 aromatic rings. The quantitative estimate of drug-likeness (QED) is 0.570. The summed E-state index contributed by atoms with van der Waals surface area (Å²) in [6.45, 7) is 4.72. The summed E-state index contributed by atoms with van der Waals surface area (Å²) in [7, 11) is 0. The molecule has 0 unspecified atom stereocenters. The van der Waals surface area contributed by atoms with Gasteiger partial charge in [-0.3, -0.25) is 4.79 Å². The highest BCUT2D eigenvalue weighted by Gasteiger charge is 2.18. The summed E-state index contributed by atoms with van der Waals surface area (Å²) in [5.74, 6) is 0.712. The van der Waals surface area contributed by atoms with Crippen LogP contribution in [0.25, 0.3) is 10.8 Å². The number of hydrogen-bond donors (Lipinski definition) is 1. The van der Waals surface area contributed by atoms with Crippen LogP contribution in [0.15, 0.2) is 66.7 Å². The van der Waals surface area contributed by atoms with Gasteiger partial charge in [0.05, 0.1) is 0 Å². The molecule has 0 aliphatic rings. The Bertz CT molecular complexity index is 881. The number of benzene rings is 3. The molecule has 0 aliphatic heterocycles. The average Bonchev–Trinajstić information content (AvgIpc) is 2.70. The van der Waals surface area contributed by atoms with Crippen molar-refractivity contribution in [3.63, 3.8) is 0 Å². The fraction of sp³-hybridized carbons (Fsp3) is 0.292. The van der Waals surface area contributed by atoms with E-state index >= 15 is 0 Å². The maximum absolute atomic E-state index is 12.5. The summed E-state index contributed by atoms with van der Waals surface area (Å²) >= 11 is 0. The number of fused-ring (bicyclic) bond motifs is 1. The summed E-state index contributed by atoms with van der Waals surface area (Å²) in [6, 6.07) is 22.5. The second-order valence-corrected chi connectivity index (χ2v) is 6.87. The van der Waals surface area contributed by atoms with E-state index in [1.807, 2.05) is 49.4 Å². The van der Waals surface area contributed by atoms with Crippen LogP contribution in [0.5, 0.6) is 5.75 Å². The van der Waals surface area contributed by atoms with Gasteiger partial charge in [-0.1, -0.05) is 73.2 Å². The zero-order valence-corrected chi connectivity index (χ0v) is 16.1. The average molecular weight is 361 g/mol. The zero-order chi connectivity index (χ0) is 19.1. The van der Waals surface area contributed by atoms with Gasteiger partial charge in [-0.05, 0) is 43.2 Å². The van der Waals surface area contributed by atoms with Crippen molar-refractivity contribution < 1.29 is 9.53 Å². The largest absolute Gasteiger partial charge is 0.480 e. The highest BCUT2D eigenvalue weighted by Crippen LogP contribution is 2.26. The molecule has 0 radical (unpaired) electrons. The van der Waals surface area contributed by atoms with Crippen LogP contribution in [-0.2, 0) is 11.2 Å². The number of hydrogen-bond acceptors (Lipinski definition) is 2. The number of amides is 1. The van der Waals surface area contributed by atoms with Gasteiger partial charge in [-0.25, -0.2) is 0 Å². The number of carbonyl (C=O) groups is 1. The van der Waals surface area contributed by atoms with Gasteiger partial charge in [0.1, 0.15) is 5.75 Å². The number of nitrogens with one attached hydrogen (secondary N) is 1. The van der Waals surface area contributed by atoms with Gasteiger partial charge in [0, 0.05) is 11.9 Å². The van der Waals surface area contributed by atoms with Crippen molar-refractivity contribution in [1.29, 1.82) is 0 Å². The van der Waals surface area contributed by atoms with Gasteiger partial charge >= 0.3 is 0 Å². The third-order valence-electron chi connectivity index (χ3n) is 4.74. The molecule has 27 heavy (non-hydrogen) atoms. The molecule has 3 nitrogen and oxygen atoms in total. The lowest BCUT2D eigenvalue weighted by Crippen LogP contribution is -2.38. The fourth-order valence-corrected chi connectivity index (χ4v) is 3.15.